The van der Waals surface area contributed by atoms with Gasteiger partial charge in [0.05, 0.1) is 12.7 Å². The molecule has 2 amide bonds. The van der Waals surface area contributed by atoms with E-state index >= 15 is 0 Å². The molecule has 0 bridgehead atoms. The average Bonchev–Trinajstić information content (AvgIpc) is 2.87. The number of benzene rings is 1. The van der Waals surface area contributed by atoms with E-state index in [1.165, 1.54) is 10.5 Å². The Morgan fingerprint density at radius 3 is 2.48 bits per heavy atom. The highest BCUT2D eigenvalue weighted by Crippen LogP contribution is 2.30. The molecule has 1 aromatic carbocycles. The smallest absolute Gasteiger partial charge is 0.244 e. The van der Waals surface area contributed by atoms with E-state index in [0.29, 0.717) is 0 Å². The van der Waals surface area contributed by atoms with Gasteiger partial charge in [0.25, 0.3) is 0 Å². The lowest BCUT2D eigenvalue weighted by Crippen LogP contribution is -2.44. The average molecular weight is 316 g/mol. The fraction of sp³-hybridized carbons (Fsp3) is 0.444. The molecule has 124 valence electrons. The Morgan fingerprint density at radius 1 is 1.22 bits per heavy atom. The second-order valence-corrected chi connectivity index (χ2v) is 6.30. The summed E-state index contributed by atoms with van der Waals surface area (Å²) in [5, 5.41) is 3.73. The quantitative estimate of drug-likeness (QED) is 0.942. The van der Waals surface area contributed by atoms with Crippen molar-refractivity contribution in [3.05, 3.63) is 34.6 Å². The molecule has 0 aliphatic heterocycles. The molecule has 23 heavy (non-hydrogen) atoms. The van der Waals surface area contributed by atoms with Crippen molar-refractivity contribution >= 4 is 22.8 Å². The largest absolute Gasteiger partial charge is 0.464 e. The first-order valence-electron chi connectivity index (χ1n) is 7.69. The number of rotatable bonds is 4. The van der Waals surface area contributed by atoms with Crippen LogP contribution in [-0.2, 0) is 16.0 Å². The summed E-state index contributed by atoms with van der Waals surface area (Å²) >= 11 is 0. The maximum Gasteiger partial charge on any atom is 0.244 e. The Balaban J connectivity index is 2.21. The number of hydrogen-bond acceptors (Lipinski definition) is 3. The summed E-state index contributed by atoms with van der Waals surface area (Å²) in [7, 11) is 3.34. The molecule has 0 unspecified atom stereocenters. The van der Waals surface area contributed by atoms with Crippen LogP contribution in [0.15, 0.2) is 16.7 Å². The predicted molar refractivity (Wildman–Crippen MR) is 90.4 cm³/mol. The van der Waals surface area contributed by atoms with Gasteiger partial charge in [-0.1, -0.05) is 6.07 Å². The van der Waals surface area contributed by atoms with Crippen LogP contribution in [-0.4, -0.2) is 36.9 Å². The van der Waals surface area contributed by atoms with Gasteiger partial charge < -0.3 is 14.6 Å². The normalized spacial score (nSPS) is 12.3. The molecular formula is C18H24N2O3. The van der Waals surface area contributed by atoms with Gasteiger partial charge in [-0.2, -0.15) is 0 Å². The van der Waals surface area contributed by atoms with E-state index in [9.17, 15) is 9.59 Å². The zero-order valence-electron chi connectivity index (χ0n) is 14.6. The van der Waals surface area contributed by atoms with Gasteiger partial charge in [0.15, 0.2) is 0 Å². The molecule has 0 aliphatic carbocycles. The first-order chi connectivity index (χ1) is 10.7. The summed E-state index contributed by atoms with van der Waals surface area (Å²) in [4.78, 5) is 25.5. The topological polar surface area (TPSA) is 62.6 Å². The van der Waals surface area contributed by atoms with E-state index in [-0.39, 0.29) is 18.2 Å². The van der Waals surface area contributed by atoms with Crippen molar-refractivity contribution in [2.45, 2.75) is 40.2 Å². The standard InChI is InChI=1S/C18H24N2O3/c1-10-7-11(2)16-14(9-23-17(16)12(10)3)8-15(21)19-13(4)18(22)20(5)6/h7,9,13H,8H2,1-6H3,(H,19,21)/t13-/m0/s1. The van der Waals surface area contributed by atoms with E-state index in [1.807, 2.05) is 20.8 Å². The molecule has 2 rings (SSSR count). The number of aryl methyl sites for hydroxylation is 3. The molecule has 5 nitrogen and oxygen atoms in total. The third kappa shape index (κ3) is 3.38. The van der Waals surface area contributed by atoms with Crippen LogP contribution in [0.25, 0.3) is 11.0 Å². The van der Waals surface area contributed by atoms with Gasteiger partial charge in [0, 0.05) is 25.0 Å². The summed E-state index contributed by atoms with van der Waals surface area (Å²) in [6.45, 7) is 7.77. The first-order valence-corrected chi connectivity index (χ1v) is 7.69. The maximum absolute atomic E-state index is 12.2. The highest BCUT2D eigenvalue weighted by molar-refractivity contribution is 5.93. The molecule has 0 aliphatic rings. The maximum atomic E-state index is 12.2. The van der Waals surface area contributed by atoms with Crippen LogP contribution in [0.2, 0.25) is 0 Å². The summed E-state index contributed by atoms with van der Waals surface area (Å²) in [6.07, 6.45) is 1.84. The van der Waals surface area contributed by atoms with Crippen LogP contribution in [0, 0.1) is 20.8 Å². The molecule has 0 fully saturated rings. The van der Waals surface area contributed by atoms with Crippen molar-refractivity contribution in [1.82, 2.24) is 10.2 Å². The van der Waals surface area contributed by atoms with Gasteiger partial charge in [0.2, 0.25) is 11.8 Å². The summed E-state index contributed by atoms with van der Waals surface area (Å²) < 4.78 is 5.68. The molecule has 1 heterocycles. The Kier molecular flexibility index (Phi) is 4.78. The van der Waals surface area contributed by atoms with Gasteiger partial charge in [-0.3, -0.25) is 9.59 Å². The molecule has 1 N–H and O–H groups in total. The first kappa shape index (κ1) is 17.1. The van der Waals surface area contributed by atoms with Crippen LogP contribution in [0.4, 0.5) is 0 Å². The molecule has 1 atom stereocenters. The van der Waals surface area contributed by atoms with Gasteiger partial charge in [-0.05, 0) is 44.4 Å². The van der Waals surface area contributed by atoms with Gasteiger partial charge >= 0.3 is 0 Å². The van der Waals surface area contributed by atoms with E-state index in [1.54, 1.807) is 27.3 Å². The molecule has 5 heteroatoms. The Morgan fingerprint density at radius 2 is 1.87 bits per heavy atom. The molecule has 0 spiro atoms. The van der Waals surface area contributed by atoms with Crippen LogP contribution < -0.4 is 5.32 Å². The molecule has 0 saturated carbocycles. The van der Waals surface area contributed by atoms with Crippen molar-refractivity contribution in [3.63, 3.8) is 0 Å². The lowest BCUT2D eigenvalue weighted by Gasteiger charge is -2.17. The van der Waals surface area contributed by atoms with E-state index < -0.39 is 6.04 Å². The molecule has 0 radical (unpaired) electrons. The minimum atomic E-state index is -0.541. The molecule has 0 saturated heterocycles. The van der Waals surface area contributed by atoms with Crippen LogP contribution >= 0.6 is 0 Å². The number of carbonyl (C=O) groups is 2. The number of hydrogen-bond donors (Lipinski definition) is 1. The highest BCUT2D eigenvalue weighted by atomic mass is 16.3. The van der Waals surface area contributed by atoms with E-state index in [4.69, 9.17) is 4.42 Å². The number of fused-ring (bicyclic) bond motifs is 1. The minimum Gasteiger partial charge on any atom is -0.464 e. The van der Waals surface area contributed by atoms with E-state index in [0.717, 1.165) is 27.7 Å². The second kappa shape index (κ2) is 6.44. The summed E-state index contributed by atoms with van der Waals surface area (Å²) in [5.74, 6) is -0.314. The molecular weight excluding hydrogens is 292 g/mol. The number of carbonyl (C=O) groups excluding carboxylic acids is 2. The van der Waals surface area contributed by atoms with Crippen LogP contribution in [0.3, 0.4) is 0 Å². The van der Waals surface area contributed by atoms with Crippen molar-refractivity contribution in [2.75, 3.05) is 14.1 Å². The zero-order chi connectivity index (χ0) is 17.3. The minimum absolute atomic E-state index is 0.127. The summed E-state index contributed by atoms with van der Waals surface area (Å²) in [6, 6.07) is 1.56. The van der Waals surface area contributed by atoms with Crippen molar-refractivity contribution < 1.29 is 14.0 Å². The van der Waals surface area contributed by atoms with Crippen LogP contribution in [0.5, 0.6) is 0 Å². The number of likely N-dealkylation sites (N-methyl/N-ethyl adjacent to an activating group) is 1. The van der Waals surface area contributed by atoms with Gasteiger partial charge in [-0.15, -0.1) is 0 Å². The number of amides is 2. The fourth-order valence-corrected chi connectivity index (χ4v) is 2.83. The molecule has 1 aromatic heterocycles. The number of furan rings is 1. The van der Waals surface area contributed by atoms with Gasteiger partial charge in [0.1, 0.15) is 11.6 Å². The predicted octanol–water partition coefficient (Wildman–Crippen LogP) is 2.49. The fourth-order valence-electron chi connectivity index (χ4n) is 2.83. The Hall–Kier alpha value is -2.30. The third-order valence-corrected chi connectivity index (χ3v) is 4.17. The monoisotopic (exact) mass is 316 g/mol. The number of nitrogens with one attached hydrogen (secondary N) is 1. The third-order valence-electron chi connectivity index (χ3n) is 4.17. The zero-order valence-corrected chi connectivity index (χ0v) is 14.6. The van der Waals surface area contributed by atoms with Crippen LogP contribution in [0.1, 0.15) is 29.2 Å². The lowest BCUT2D eigenvalue weighted by atomic mass is 9.99. The van der Waals surface area contributed by atoms with Crippen molar-refractivity contribution in [2.24, 2.45) is 0 Å². The highest BCUT2D eigenvalue weighted by Gasteiger charge is 2.19. The molecule has 2 aromatic rings. The van der Waals surface area contributed by atoms with Crippen molar-refractivity contribution in [3.8, 4) is 0 Å². The Bertz CT molecular complexity index is 759. The van der Waals surface area contributed by atoms with Crippen molar-refractivity contribution in [1.29, 1.82) is 0 Å². The summed E-state index contributed by atoms with van der Waals surface area (Å²) in [5.41, 5.74) is 5.04. The second-order valence-electron chi connectivity index (χ2n) is 6.30. The van der Waals surface area contributed by atoms with E-state index in [2.05, 4.69) is 11.4 Å². The SMILES string of the molecule is Cc1cc(C)c2c(CC(=O)N[C@@H](C)C(=O)N(C)C)coc2c1C. The van der Waals surface area contributed by atoms with Gasteiger partial charge in [-0.25, -0.2) is 0 Å². The number of nitrogens with zero attached hydrogens (tertiary/aromatic N) is 1. The Labute approximate surface area is 136 Å². The lowest BCUT2D eigenvalue weighted by molar-refractivity contribution is -0.133.